The van der Waals surface area contributed by atoms with Crippen molar-refractivity contribution in [3.63, 3.8) is 0 Å². The fraction of sp³-hybridized carbons (Fsp3) is 0.375. The van der Waals surface area contributed by atoms with Crippen LogP contribution in [0.25, 0.3) is 0 Å². The van der Waals surface area contributed by atoms with Crippen molar-refractivity contribution < 1.29 is 4.39 Å². The maximum Gasteiger partial charge on any atom is 0.127 e. The van der Waals surface area contributed by atoms with Crippen LogP contribution in [0.1, 0.15) is 6.92 Å². The molecule has 2 unspecified atom stereocenters. The van der Waals surface area contributed by atoms with E-state index in [1.165, 1.54) is 6.08 Å². The third-order valence-corrected chi connectivity index (χ3v) is 3.43. The highest BCUT2D eigenvalue weighted by Crippen LogP contribution is 2.37. The Labute approximate surface area is 83.0 Å². The number of hydrogen-bond donors (Lipinski definition) is 0. The summed E-state index contributed by atoms with van der Waals surface area (Å²) in [7, 11) is 0. The Morgan fingerprint density at radius 2 is 2.42 bits per heavy atom. The molecule has 1 aliphatic carbocycles. The van der Waals surface area contributed by atoms with Gasteiger partial charge >= 0.3 is 0 Å². The molecule has 64 valence electrons. The Hall–Kier alpha value is -0.0900. The van der Waals surface area contributed by atoms with Crippen LogP contribution >= 0.6 is 27.7 Å². The van der Waals surface area contributed by atoms with Crippen molar-refractivity contribution in [1.29, 1.82) is 0 Å². The fourth-order valence-corrected chi connectivity index (χ4v) is 3.11. The van der Waals surface area contributed by atoms with E-state index in [0.717, 1.165) is 9.53 Å². The highest BCUT2D eigenvalue weighted by molar-refractivity contribution is 9.11. The largest absolute Gasteiger partial charge is 0.271 e. The SMILES string of the molecule is CC1=NC2C(F)=CC(Br)=CC2S1. The second kappa shape index (κ2) is 3.00. The number of nitrogens with zero attached hydrogens (tertiary/aromatic N) is 1. The van der Waals surface area contributed by atoms with E-state index in [9.17, 15) is 4.39 Å². The molecule has 0 aromatic carbocycles. The minimum Gasteiger partial charge on any atom is -0.271 e. The number of allylic oxidation sites excluding steroid dienone is 2. The lowest BCUT2D eigenvalue weighted by atomic mass is 10.1. The van der Waals surface area contributed by atoms with Crippen molar-refractivity contribution in [2.24, 2.45) is 4.99 Å². The zero-order valence-electron chi connectivity index (χ0n) is 6.42. The maximum atomic E-state index is 13.2. The molecular formula is C8H7BrFNS. The van der Waals surface area contributed by atoms with Gasteiger partial charge in [-0.25, -0.2) is 4.39 Å². The van der Waals surface area contributed by atoms with Crippen molar-refractivity contribution in [1.82, 2.24) is 0 Å². The van der Waals surface area contributed by atoms with Gasteiger partial charge in [0.05, 0.1) is 10.3 Å². The summed E-state index contributed by atoms with van der Waals surface area (Å²) in [6.07, 6.45) is 3.49. The quantitative estimate of drug-likeness (QED) is 0.641. The summed E-state index contributed by atoms with van der Waals surface area (Å²) in [4.78, 5) is 4.20. The number of fused-ring (bicyclic) bond motifs is 1. The molecule has 2 aliphatic rings. The molecule has 1 aliphatic heterocycles. The van der Waals surface area contributed by atoms with E-state index in [1.54, 1.807) is 11.8 Å². The van der Waals surface area contributed by atoms with E-state index in [4.69, 9.17) is 0 Å². The zero-order valence-corrected chi connectivity index (χ0v) is 8.82. The Bertz CT molecular complexity index is 308. The number of hydrogen-bond acceptors (Lipinski definition) is 2. The first kappa shape index (κ1) is 8.51. The average Bonchev–Trinajstić information content (AvgIpc) is 2.29. The van der Waals surface area contributed by atoms with Crippen LogP contribution in [-0.4, -0.2) is 16.3 Å². The van der Waals surface area contributed by atoms with Gasteiger partial charge in [-0.05, 0) is 13.0 Å². The molecule has 1 heterocycles. The zero-order chi connectivity index (χ0) is 8.72. The summed E-state index contributed by atoms with van der Waals surface area (Å²) in [5.41, 5.74) is 0. The van der Waals surface area contributed by atoms with Crippen LogP contribution in [0.2, 0.25) is 0 Å². The van der Waals surface area contributed by atoms with Gasteiger partial charge in [0.15, 0.2) is 0 Å². The third-order valence-electron chi connectivity index (χ3n) is 1.82. The van der Waals surface area contributed by atoms with Gasteiger partial charge in [0.2, 0.25) is 0 Å². The van der Waals surface area contributed by atoms with E-state index in [1.807, 2.05) is 13.0 Å². The Morgan fingerprint density at radius 3 is 3.17 bits per heavy atom. The normalized spacial score (nSPS) is 33.8. The fourth-order valence-electron chi connectivity index (χ4n) is 1.33. The van der Waals surface area contributed by atoms with Crippen LogP contribution in [0.3, 0.4) is 0 Å². The molecule has 0 radical (unpaired) electrons. The molecule has 0 aromatic heterocycles. The first-order valence-electron chi connectivity index (χ1n) is 3.62. The molecule has 0 saturated carbocycles. The molecule has 0 N–H and O–H groups in total. The monoisotopic (exact) mass is 247 g/mol. The van der Waals surface area contributed by atoms with E-state index in [0.29, 0.717) is 0 Å². The molecule has 0 aromatic rings. The van der Waals surface area contributed by atoms with E-state index in [-0.39, 0.29) is 17.1 Å². The summed E-state index contributed by atoms with van der Waals surface area (Å²) in [5.74, 6) is -0.140. The number of halogens is 2. The van der Waals surface area contributed by atoms with Crippen molar-refractivity contribution >= 4 is 32.7 Å². The highest BCUT2D eigenvalue weighted by Gasteiger charge is 2.32. The lowest BCUT2D eigenvalue weighted by molar-refractivity contribution is 0.547. The molecule has 12 heavy (non-hydrogen) atoms. The second-order valence-electron chi connectivity index (χ2n) is 2.76. The first-order valence-corrected chi connectivity index (χ1v) is 5.29. The lowest BCUT2D eigenvalue weighted by Crippen LogP contribution is -2.18. The molecule has 1 nitrogen and oxygen atoms in total. The van der Waals surface area contributed by atoms with E-state index < -0.39 is 0 Å². The minimum absolute atomic E-state index is 0.140. The van der Waals surface area contributed by atoms with Crippen LogP contribution in [0.5, 0.6) is 0 Å². The van der Waals surface area contributed by atoms with Gasteiger partial charge < -0.3 is 0 Å². The predicted octanol–water partition coefficient (Wildman–Crippen LogP) is 3.03. The van der Waals surface area contributed by atoms with Crippen molar-refractivity contribution in [3.05, 3.63) is 22.5 Å². The van der Waals surface area contributed by atoms with Crippen LogP contribution in [0.4, 0.5) is 4.39 Å². The van der Waals surface area contributed by atoms with Crippen molar-refractivity contribution in [2.75, 3.05) is 0 Å². The molecule has 0 bridgehead atoms. The average molecular weight is 248 g/mol. The Balaban J connectivity index is 2.33. The number of aliphatic imine (C=N–C) groups is 1. The van der Waals surface area contributed by atoms with Gasteiger partial charge in [0.25, 0.3) is 0 Å². The second-order valence-corrected chi connectivity index (χ2v) is 5.04. The number of thioether (sulfide) groups is 1. The maximum absolute atomic E-state index is 13.2. The molecule has 0 spiro atoms. The molecular weight excluding hydrogens is 241 g/mol. The molecule has 0 fully saturated rings. The van der Waals surface area contributed by atoms with E-state index >= 15 is 0 Å². The topological polar surface area (TPSA) is 12.4 Å². The summed E-state index contributed by atoms with van der Waals surface area (Å²) in [6, 6.07) is -0.267. The molecule has 0 amide bonds. The first-order chi connectivity index (χ1) is 5.66. The van der Waals surface area contributed by atoms with Gasteiger partial charge in [0.1, 0.15) is 11.9 Å². The molecule has 2 atom stereocenters. The van der Waals surface area contributed by atoms with Gasteiger partial charge in [-0.2, -0.15) is 0 Å². The standard InChI is InChI=1S/C8H7BrFNS/c1-4-11-8-6(10)2-5(9)3-7(8)12-4/h2-3,7-8H,1H3. The smallest absolute Gasteiger partial charge is 0.127 e. The van der Waals surface area contributed by atoms with Crippen LogP contribution < -0.4 is 0 Å². The molecule has 0 saturated heterocycles. The van der Waals surface area contributed by atoms with E-state index in [2.05, 4.69) is 20.9 Å². The van der Waals surface area contributed by atoms with Gasteiger partial charge in [0, 0.05) is 4.48 Å². The van der Waals surface area contributed by atoms with Crippen LogP contribution in [0, 0.1) is 0 Å². The Kier molecular flexibility index (Phi) is 2.12. The summed E-state index contributed by atoms with van der Waals surface area (Å²) in [5, 5.41) is 1.12. The Morgan fingerprint density at radius 1 is 1.67 bits per heavy atom. The predicted molar refractivity (Wildman–Crippen MR) is 54.5 cm³/mol. The van der Waals surface area contributed by atoms with Crippen LogP contribution in [-0.2, 0) is 0 Å². The van der Waals surface area contributed by atoms with Crippen LogP contribution in [0.15, 0.2) is 27.5 Å². The number of rotatable bonds is 0. The lowest BCUT2D eigenvalue weighted by Gasteiger charge is -2.15. The molecule has 2 rings (SSSR count). The minimum atomic E-state index is -0.267. The van der Waals surface area contributed by atoms with Crippen molar-refractivity contribution in [3.8, 4) is 0 Å². The summed E-state index contributed by atoms with van der Waals surface area (Å²) < 4.78 is 14.1. The molecule has 4 heteroatoms. The van der Waals surface area contributed by atoms with Gasteiger partial charge in [-0.3, -0.25) is 4.99 Å². The summed E-state index contributed by atoms with van der Waals surface area (Å²) in [6.45, 7) is 1.91. The third kappa shape index (κ3) is 1.38. The van der Waals surface area contributed by atoms with Gasteiger partial charge in [-0.1, -0.05) is 22.0 Å². The summed E-state index contributed by atoms with van der Waals surface area (Å²) >= 11 is 4.89. The van der Waals surface area contributed by atoms with Crippen molar-refractivity contribution in [2.45, 2.75) is 18.2 Å². The highest BCUT2D eigenvalue weighted by atomic mass is 79.9. The van der Waals surface area contributed by atoms with Gasteiger partial charge in [-0.15, -0.1) is 11.8 Å².